The second-order valence-corrected chi connectivity index (χ2v) is 7.09. The Bertz CT molecular complexity index is 532. The summed E-state index contributed by atoms with van der Waals surface area (Å²) in [6.07, 6.45) is 3.48. The van der Waals surface area contributed by atoms with E-state index in [2.05, 4.69) is 0 Å². The molecule has 1 aliphatic heterocycles. The number of nitrogens with zero attached hydrogens (tertiary/aromatic N) is 1. The monoisotopic (exact) mass is 303 g/mol. The van der Waals surface area contributed by atoms with Crippen LogP contribution in [-0.4, -0.2) is 37.0 Å². The quantitative estimate of drug-likeness (QED) is 0.932. The van der Waals surface area contributed by atoms with Gasteiger partial charge in [-0.15, -0.1) is 0 Å². The molecule has 1 N–H and O–H groups in total. The zero-order valence-electron chi connectivity index (χ0n) is 10.6. The van der Waals surface area contributed by atoms with Crippen LogP contribution in [0.5, 0.6) is 0 Å². The molecular weight excluding hydrogens is 286 g/mol. The third kappa shape index (κ3) is 3.28. The Kier molecular flexibility index (Phi) is 4.84. The molecule has 0 saturated carbocycles. The number of aliphatic hydroxyl groups is 1. The second-order valence-electron chi connectivity index (χ2n) is 4.76. The van der Waals surface area contributed by atoms with Crippen molar-refractivity contribution in [3.8, 4) is 0 Å². The molecule has 0 amide bonds. The molecule has 6 heteroatoms. The van der Waals surface area contributed by atoms with Gasteiger partial charge in [0.1, 0.15) is 0 Å². The molecule has 0 radical (unpaired) electrons. The van der Waals surface area contributed by atoms with E-state index in [4.69, 9.17) is 11.6 Å². The van der Waals surface area contributed by atoms with Gasteiger partial charge < -0.3 is 5.11 Å². The maximum atomic E-state index is 12.6. The lowest BCUT2D eigenvalue weighted by Gasteiger charge is -2.27. The van der Waals surface area contributed by atoms with Gasteiger partial charge in [-0.2, -0.15) is 4.31 Å². The fourth-order valence-electron chi connectivity index (χ4n) is 2.41. The lowest BCUT2D eigenvalue weighted by Crippen LogP contribution is -2.42. The van der Waals surface area contributed by atoms with E-state index < -0.39 is 10.0 Å². The van der Waals surface area contributed by atoms with Gasteiger partial charge in [0.25, 0.3) is 0 Å². The largest absolute Gasteiger partial charge is 0.395 e. The summed E-state index contributed by atoms with van der Waals surface area (Å²) < 4.78 is 26.7. The number of sulfonamides is 1. The van der Waals surface area contributed by atoms with Gasteiger partial charge in [0, 0.05) is 17.6 Å². The molecule has 4 nitrogen and oxygen atoms in total. The van der Waals surface area contributed by atoms with E-state index in [-0.39, 0.29) is 17.5 Å². The van der Waals surface area contributed by atoms with Crippen LogP contribution in [0.4, 0.5) is 0 Å². The standard InChI is InChI=1S/C13H18ClNO3S/c14-11-5-4-7-13(9-11)19(17,18)15-8-3-1-2-6-12(15)10-16/h4-5,7,9,12,16H,1-3,6,8,10H2. The van der Waals surface area contributed by atoms with E-state index in [0.717, 1.165) is 19.3 Å². The van der Waals surface area contributed by atoms with Crippen molar-refractivity contribution in [3.63, 3.8) is 0 Å². The predicted molar refractivity (Wildman–Crippen MR) is 74.7 cm³/mol. The van der Waals surface area contributed by atoms with Crippen molar-refractivity contribution in [1.82, 2.24) is 4.31 Å². The van der Waals surface area contributed by atoms with Gasteiger partial charge in [0.05, 0.1) is 11.5 Å². The molecule has 1 atom stereocenters. The Morgan fingerprint density at radius 1 is 1.32 bits per heavy atom. The first-order chi connectivity index (χ1) is 9.05. The predicted octanol–water partition coefficient (Wildman–Crippen LogP) is 2.27. The molecule has 19 heavy (non-hydrogen) atoms. The maximum Gasteiger partial charge on any atom is 0.243 e. The highest BCUT2D eigenvalue weighted by molar-refractivity contribution is 7.89. The van der Waals surface area contributed by atoms with Crippen LogP contribution in [0.25, 0.3) is 0 Å². The first-order valence-corrected chi connectivity index (χ1v) is 8.26. The highest BCUT2D eigenvalue weighted by Crippen LogP contribution is 2.25. The van der Waals surface area contributed by atoms with E-state index in [1.54, 1.807) is 18.2 Å². The molecule has 0 spiro atoms. The van der Waals surface area contributed by atoms with Crippen LogP contribution in [0.1, 0.15) is 25.7 Å². The van der Waals surface area contributed by atoms with Crippen molar-refractivity contribution in [1.29, 1.82) is 0 Å². The van der Waals surface area contributed by atoms with Gasteiger partial charge in [-0.1, -0.05) is 30.5 Å². The van der Waals surface area contributed by atoms with Crippen LogP contribution < -0.4 is 0 Å². The van der Waals surface area contributed by atoms with E-state index >= 15 is 0 Å². The molecule has 0 bridgehead atoms. The molecule has 1 fully saturated rings. The van der Waals surface area contributed by atoms with Crippen LogP contribution in [0.15, 0.2) is 29.2 Å². The van der Waals surface area contributed by atoms with Crippen LogP contribution in [0.3, 0.4) is 0 Å². The third-order valence-electron chi connectivity index (χ3n) is 3.44. The van der Waals surface area contributed by atoms with Gasteiger partial charge in [-0.05, 0) is 31.0 Å². The molecule has 0 aliphatic carbocycles. The molecule has 1 saturated heterocycles. The van der Waals surface area contributed by atoms with Gasteiger partial charge in [0.2, 0.25) is 10.0 Å². The van der Waals surface area contributed by atoms with E-state index in [9.17, 15) is 13.5 Å². The third-order valence-corrected chi connectivity index (χ3v) is 5.62. The van der Waals surface area contributed by atoms with Gasteiger partial charge >= 0.3 is 0 Å². The Morgan fingerprint density at radius 3 is 2.79 bits per heavy atom. The van der Waals surface area contributed by atoms with Crippen LogP contribution in [0, 0.1) is 0 Å². The zero-order chi connectivity index (χ0) is 13.9. The number of aliphatic hydroxyl groups excluding tert-OH is 1. The molecule has 1 aromatic rings. The lowest BCUT2D eigenvalue weighted by molar-refractivity contribution is 0.186. The number of hydrogen-bond acceptors (Lipinski definition) is 3. The van der Waals surface area contributed by atoms with E-state index in [1.165, 1.54) is 10.4 Å². The average Bonchev–Trinajstić information content (AvgIpc) is 2.64. The summed E-state index contributed by atoms with van der Waals surface area (Å²) in [4.78, 5) is 0.195. The van der Waals surface area contributed by atoms with Crippen molar-refractivity contribution in [2.45, 2.75) is 36.6 Å². The highest BCUT2D eigenvalue weighted by atomic mass is 35.5. The molecule has 0 aromatic heterocycles. The summed E-state index contributed by atoms with van der Waals surface area (Å²) in [5.41, 5.74) is 0. The Balaban J connectivity index is 2.36. The first kappa shape index (κ1) is 14.8. The van der Waals surface area contributed by atoms with Gasteiger partial charge in [0.15, 0.2) is 0 Å². The van der Waals surface area contributed by atoms with E-state index in [0.29, 0.717) is 18.0 Å². The summed E-state index contributed by atoms with van der Waals surface area (Å²) in [6.45, 7) is 0.319. The summed E-state index contributed by atoms with van der Waals surface area (Å²) in [5, 5.41) is 9.82. The zero-order valence-corrected chi connectivity index (χ0v) is 12.2. The number of rotatable bonds is 3. The fourth-order valence-corrected chi connectivity index (χ4v) is 4.40. The van der Waals surface area contributed by atoms with Gasteiger partial charge in [-0.3, -0.25) is 0 Å². The topological polar surface area (TPSA) is 57.6 Å². The smallest absolute Gasteiger partial charge is 0.243 e. The van der Waals surface area contributed by atoms with Gasteiger partial charge in [-0.25, -0.2) is 8.42 Å². The molecule has 106 valence electrons. The van der Waals surface area contributed by atoms with Crippen LogP contribution in [0.2, 0.25) is 5.02 Å². The molecule has 1 unspecified atom stereocenters. The maximum absolute atomic E-state index is 12.6. The van der Waals surface area contributed by atoms with Crippen molar-refractivity contribution in [2.24, 2.45) is 0 Å². The van der Waals surface area contributed by atoms with Crippen LogP contribution in [-0.2, 0) is 10.0 Å². The molecule has 1 aliphatic rings. The van der Waals surface area contributed by atoms with Crippen molar-refractivity contribution < 1.29 is 13.5 Å². The van der Waals surface area contributed by atoms with Crippen molar-refractivity contribution >= 4 is 21.6 Å². The number of hydrogen-bond donors (Lipinski definition) is 1. The minimum Gasteiger partial charge on any atom is -0.395 e. The lowest BCUT2D eigenvalue weighted by atomic mass is 10.1. The molecule has 1 heterocycles. The highest BCUT2D eigenvalue weighted by Gasteiger charge is 2.32. The first-order valence-electron chi connectivity index (χ1n) is 6.44. The van der Waals surface area contributed by atoms with Crippen molar-refractivity contribution in [3.05, 3.63) is 29.3 Å². The Labute approximate surface area is 119 Å². The molecular formula is C13H18ClNO3S. The summed E-state index contributed by atoms with van der Waals surface area (Å²) in [6, 6.07) is 5.94. The summed E-state index contributed by atoms with van der Waals surface area (Å²) in [5.74, 6) is 0. The summed E-state index contributed by atoms with van der Waals surface area (Å²) >= 11 is 5.86. The molecule has 2 rings (SSSR count). The average molecular weight is 304 g/mol. The molecule has 1 aromatic carbocycles. The van der Waals surface area contributed by atoms with Crippen LogP contribution >= 0.6 is 11.6 Å². The second kappa shape index (κ2) is 6.22. The normalized spacial score (nSPS) is 22.1. The van der Waals surface area contributed by atoms with E-state index in [1.807, 2.05) is 0 Å². The number of benzene rings is 1. The Hall–Kier alpha value is -0.620. The minimum atomic E-state index is -3.58. The van der Waals surface area contributed by atoms with Crippen molar-refractivity contribution in [2.75, 3.05) is 13.2 Å². The minimum absolute atomic E-state index is 0.139. The Morgan fingerprint density at radius 2 is 2.11 bits per heavy atom. The fraction of sp³-hybridized carbons (Fsp3) is 0.538. The summed E-state index contributed by atoms with van der Waals surface area (Å²) in [7, 11) is -3.58. The SMILES string of the molecule is O=S(=O)(c1cccc(Cl)c1)N1CCCCCC1CO. The number of halogens is 1.